The van der Waals surface area contributed by atoms with Crippen LogP contribution in [0.2, 0.25) is 0 Å². The molecule has 2 aromatic rings. The summed E-state index contributed by atoms with van der Waals surface area (Å²) in [6.07, 6.45) is 3.81. The summed E-state index contributed by atoms with van der Waals surface area (Å²) in [6.45, 7) is 3.98. The number of hydrogen-bond acceptors (Lipinski definition) is 4. The highest BCUT2D eigenvalue weighted by atomic mass is 16.1. The van der Waals surface area contributed by atoms with Crippen LogP contribution in [0, 0.1) is 6.92 Å². The van der Waals surface area contributed by atoms with Crippen LogP contribution in [0.3, 0.4) is 0 Å². The van der Waals surface area contributed by atoms with Gasteiger partial charge in [0.05, 0.1) is 0 Å². The molecule has 5 heteroatoms. The van der Waals surface area contributed by atoms with Crippen molar-refractivity contribution >= 4 is 17.4 Å². The Morgan fingerprint density at radius 3 is 2.76 bits per heavy atom. The minimum absolute atomic E-state index is 0.205. The van der Waals surface area contributed by atoms with E-state index in [4.69, 9.17) is 0 Å². The number of anilines is 2. The summed E-state index contributed by atoms with van der Waals surface area (Å²) in [6, 6.07) is 9.47. The normalized spacial score (nSPS) is 14.2. The molecule has 1 fully saturated rings. The number of aryl methyl sites for hydroxylation is 1. The number of amides is 1. The van der Waals surface area contributed by atoms with Crippen LogP contribution >= 0.6 is 0 Å². The Kier molecular flexibility index (Phi) is 3.81. The van der Waals surface area contributed by atoms with Crippen LogP contribution in [0.15, 0.2) is 36.7 Å². The van der Waals surface area contributed by atoms with Gasteiger partial charge in [0.25, 0.3) is 5.91 Å². The lowest BCUT2D eigenvalue weighted by molar-refractivity contribution is 0.102. The molecule has 0 saturated carbocycles. The van der Waals surface area contributed by atoms with Gasteiger partial charge in [-0.15, -0.1) is 0 Å². The largest absolute Gasteiger partial charge is 0.357 e. The maximum Gasteiger partial charge on any atom is 0.274 e. The number of nitrogens with zero attached hydrogens (tertiary/aromatic N) is 3. The molecule has 0 unspecified atom stereocenters. The summed E-state index contributed by atoms with van der Waals surface area (Å²) in [7, 11) is 0. The van der Waals surface area contributed by atoms with Crippen molar-refractivity contribution in [1.82, 2.24) is 9.97 Å². The van der Waals surface area contributed by atoms with E-state index in [1.165, 1.54) is 19.2 Å². The third kappa shape index (κ3) is 3.18. The Bertz CT molecular complexity index is 650. The fraction of sp³-hybridized carbons (Fsp3) is 0.312. The summed E-state index contributed by atoms with van der Waals surface area (Å²) >= 11 is 0. The molecule has 1 saturated heterocycles. The second-order valence-corrected chi connectivity index (χ2v) is 5.28. The van der Waals surface area contributed by atoms with E-state index >= 15 is 0 Å². The van der Waals surface area contributed by atoms with E-state index in [2.05, 4.69) is 20.2 Å². The second kappa shape index (κ2) is 5.91. The molecule has 2 heterocycles. The molecule has 0 aliphatic carbocycles. The fourth-order valence-electron chi connectivity index (χ4n) is 2.51. The van der Waals surface area contributed by atoms with E-state index in [9.17, 15) is 4.79 Å². The maximum atomic E-state index is 12.3. The molecule has 0 radical (unpaired) electrons. The molecule has 1 N–H and O–H groups in total. The van der Waals surface area contributed by atoms with Crippen LogP contribution in [-0.4, -0.2) is 29.0 Å². The molecule has 5 nitrogen and oxygen atoms in total. The lowest BCUT2D eigenvalue weighted by Crippen LogP contribution is -2.21. The Balaban J connectivity index is 1.76. The number of nitrogens with one attached hydrogen (secondary N) is 1. The maximum absolute atomic E-state index is 12.3. The van der Waals surface area contributed by atoms with Gasteiger partial charge < -0.3 is 10.2 Å². The fourth-order valence-corrected chi connectivity index (χ4v) is 2.51. The van der Waals surface area contributed by atoms with Crippen LogP contribution in [0.1, 0.15) is 28.9 Å². The lowest BCUT2D eigenvalue weighted by atomic mass is 10.2. The number of carbonyl (C=O) groups is 1. The van der Waals surface area contributed by atoms with Crippen molar-refractivity contribution in [2.24, 2.45) is 0 Å². The SMILES string of the molecule is Cc1cccc(NC(=O)c2cc(N3CCCC3)ncn2)c1. The third-order valence-corrected chi connectivity index (χ3v) is 3.59. The average Bonchev–Trinajstić information content (AvgIpc) is 3.02. The van der Waals surface area contributed by atoms with Crippen molar-refractivity contribution in [3.63, 3.8) is 0 Å². The first kappa shape index (κ1) is 13.5. The Morgan fingerprint density at radius 1 is 1.19 bits per heavy atom. The van der Waals surface area contributed by atoms with Crippen molar-refractivity contribution in [2.45, 2.75) is 19.8 Å². The molecule has 1 aromatic heterocycles. The molecule has 1 aliphatic rings. The van der Waals surface area contributed by atoms with Gasteiger partial charge in [0.1, 0.15) is 17.8 Å². The minimum Gasteiger partial charge on any atom is -0.357 e. The molecular weight excluding hydrogens is 264 g/mol. The Hall–Kier alpha value is -2.43. The molecule has 3 rings (SSSR count). The third-order valence-electron chi connectivity index (χ3n) is 3.59. The molecule has 1 amide bonds. The molecule has 1 aromatic carbocycles. The molecule has 0 spiro atoms. The zero-order valence-electron chi connectivity index (χ0n) is 12.0. The van der Waals surface area contributed by atoms with Crippen LogP contribution in [0.5, 0.6) is 0 Å². The smallest absolute Gasteiger partial charge is 0.274 e. The number of aromatic nitrogens is 2. The van der Waals surface area contributed by atoms with Gasteiger partial charge in [-0.1, -0.05) is 12.1 Å². The van der Waals surface area contributed by atoms with Crippen LogP contribution in [-0.2, 0) is 0 Å². The lowest BCUT2D eigenvalue weighted by Gasteiger charge is -2.16. The monoisotopic (exact) mass is 282 g/mol. The summed E-state index contributed by atoms with van der Waals surface area (Å²) in [5, 5.41) is 2.87. The molecule has 108 valence electrons. The standard InChI is InChI=1S/C16H18N4O/c1-12-5-4-6-13(9-12)19-16(21)14-10-15(18-11-17-14)20-7-2-3-8-20/h4-6,9-11H,2-3,7-8H2,1H3,(H,19,21). The highest BCUT2D eigenvalue weighted by Gasteiger charge is 2.16. The van der Waals surface area contributed by atoms with Crippen LogP contribution in [0.4, 0.5) is 11.5 Å². The van der Waals surface area contributed by atoms with Gasteiger partial charge in [0.2, 0.25) is 0 Å². The van der Waals surface area contributed by atoms with Crippen molar-refractivity contribution in [3.05, 3.63) is 47.9 Å². The first-order chi connectivity index (χ1) is 10.2. The Morgan fingerprint density at radius 2 is 2.00 bits per heavy atom. The van der Waals surface area contributed by atoms with Gasteiger partial charge >= 0.3 is 0 Å². The average molecular weight is 282 g/mol. The predicted molar refractivity (Wildman–Crippen MR) is 82.6 cm³/mol. The Labute approximate surface area is 124 Å². The van der Waals surface area contributed by atoms with Crippen molar-refractivity contribution < 1.29 is 4.79 Å². The van der Waals surface area contributed by atoms with Crippen molar-refractivity contribution in [2.75, 3.05) is 23.3 Å². The van der Waals surface area contributed by atoms with Gasteiger partial charge in [-0.3, -0.25) is 4.79 Å². The summed E-state index contributed by atoms with van der Waals surface area (Å²) in [4.78, 5) is 22.8. The van der Waals surface area contributed by atoms with Gasteiger partial charge in [0.15, 0.2) is 0 Å². The second-order valence-electron chi connectivity index (χ2n) is 5.28. The van der Waals surface area contributed by atoms with Gasteiger partial charge in [-0.05, 0) is 37.5 Å². The van der Waals surface area contributed by atoms with Crippen molar-refractivity contribution in [3.8, 4) is 0 Å². The quantitative estimate of drug-likeness (QED) is 0.940. The van der Waals surface area contributed by atoms with E-state index in [1.54, 1.807) is 6.07 Å². The number of hydrogen-bond donors (Lipinski definition) is 1. The summed E-state index contributed by atoms with van der Waals surface area (Å²) in [5.41, 5.74) is 2.28. The first-order valence-corrected chi connectivity index (χ1v) is 7.17. The van der Waals surface area contributed by atoms with Crippen LogP contribution in [0.25, 0.3) is 0 Å². The summed E-state index contributed by atoms with van der Waals surface area (Å²) in [5.74, 6) is 0.625. The van der Waals surface area contributed by atoms with Gasteiger partial charge in [-0.2, -0.15) is 0 Å². The molecule has 21 heavy (non-hydrogen) atoms. The molecular formula is C16H18N4O. The first-order valence-electron chi connectivity index (χ1n) is 7.17. The van der Waals surface area contributed by atoms with E-state index in [0.717, 1.165) is 30.2 Å². The van der Waals surface area contributed by atoms with Crippen molar-refractivity contribution in [1.29, 1.82) is 0 Å². The zero-order chi connectivity index (χ0) is 14.7. The number of benzene rings is 1. The summed E-state index contributed by atoms with van der Waals surface area (Å²) < 4.78 is 0. The van der Waals surface area contributed by atoms with Crippen LogP contribution < -0.4 is 10.2 Å². The zero-order valence-corrected chi connectivity index (χ0v) is 12.0. The van der Waals surface area contributed by atoms with E-state index in [0.29, 0.717) is 5.69 Å². The molecule has 1 aliphatic heterocycles. The number of rotatable bonds is 3. The highest BCUT2D eigenvalue weighted by molar-refractivity contribution is 6.03. The van der Waals surface area contributed by atoms with Gasteiger partial charge in [0, 0.05) is 24.8 Å². The predicted octanol–water partition coefficient (Wildman–Crippen LogP) is 2.64. The molecule has 0 atom stereocenters. The van der Waals surface area contributed by atoms with E-state index in [-0.39, 0.29) is 5.91 Å². The topological polar surface area (TPSA) is 58.1 Å². The van der Waals surface area contributed by atoms with E-state index in [1.807, 2.05) is 31.2 Å². The number of carbonyl (C=O) groups excluding carboxylic acids is 1. The highest BCUT2D eigenvalue weighted by Crippen LogP contribution is 2.18. The van der Waals surface area contributed by atoms with Gasteiger partial charge in [-0.25, -0.2) is 9.97 Å². The minimum atomic E-state index is -0.205. The van der Waals surface area contributed by atoms with E-state index < -0.39 is 0 Å². The molecule has 0 bridgehead atoms.